The fourth-order valence-electron chi connectivity index (χ4n) is 2.01. The first-order chi connectivity index (χ1) is 8.55. The zero-order valence-corrected chi connectivity index (χ0v) is 11.7. The van der Waals surface area contributed by atoms with Crippen molar-refractivity contribution in [1.82, 2.24) is 5.32 Å². The van der Waals surface area contributed by atoms with Crippen LogP contribution in [0.2, 0.25) is 5.02 Å². The van der Waals surface area contributed by atoms with E-state index >= 15 is 0 Å². The van der Waals surface area contributed by atoms with E-state index in [2.05, 4.69) is 5.32 Å². The topological polar surface area (TPSA) is 52.5 Å². The molecule has 1 rings (SSSR count). The van der Waals surface area contributed by atoms with Crippen LogP contribution in [-0.2, 0) is 6.42 Å². The average Bonchev–Trinajstić information content (AvgIpc) is 2.39. The van der Waals surface area contributed by atoms with E-state index in [1.54, 1.807) is 0 Å². The van der Waals surface area contributed by atoms with Gasteiger partial charge in [-0.15, -0.1) is 0 Å². The highest BCUT2D eigenvalue weighted by molar-refractivity contribution is 6.30. The first-order valence-corrected chi connectivity index (χ1v) is 6.67. The van der Waals surface area contributed by atoms with Gasteiger partial charge in [0.25, 0.3) is 0 Å². The Morgan fingerprint density at radius 1 is 1.22 bits per heavy atom. The number of aliphatic hydroxyl groups excluding tert-OH is 2. The second-order valence-electron chi connectivity index (χ2n) is 4.83. The van der Waals surface area contributed by atoms with Gasteiger partial charge in [0, 0.05) is 11.1 Å². The normalized spacial score (nSPS) is 13.6. The summed E-state index contributed by atoms with van der Waals surface area (Å²) in [5.41, 5.74) is 0.589. The smallest absolute Gasteiger partial charge is 0.0647 e. The Kier molecular flexibility index (Phi) is 6.09. The monoisotopic (exact) mass is 271 g/mol. The van der Waals surface area contributed by atoms with Crippen molar-refractivity contribution >= 4 is 11.6 Å². The second-order valence-corrected chi connectivity index (χ2v) is 5.26. The molecule has 102 valence electrons. The van der Waals surface area contributed by atoms with Crippen LogP contribution in [-0.4, -0.2) is 35.0 Å². The lowest BCUT2D eigenvalue weighted by Crippen LogP contribution is -2.55. The van der Waals surface area contributed by atoms with Gasteiger partial charge in [0.2, 0.25) is 0 Å². The third-order valence-corrected chi connectivity index (χ3v) is 3.54. The molecule has 0 saturated carbocycles. The Morgan fingerprint density at radius 3 is 2.22 bits per heavy atom. The van der Waals surface area contributed by atoms with E-state index < -0.39 is 5.54 Å². The van der Waals surface area contributed by atoms with Crippen LogP contribution in [0.15, 0.2) is 24.3 Å². The van der Waals surface area contributed by atoms with Crippen molar-refractivity contribution in [2.24, 2.45) is 0 Å². The summed E-state index contributed by atoms with van der Waals surface area (Å²) in [5, 5.41) is 22.8. The van der Waals surface area contributed by atoms with Crippen LogP contribution in [0.25, 0.3) is 0 Å². The Bertz CT molecular complexity index is 341. The van der Waals surface area contributed by atoms with Gasteiger partial charge in [0.05, 0.1) is 18.8 Å². The minimum absolute atomic E-state index is 0.0645. The second kappa shape index (κ2) is 7.10. The van der Waals surface area contributed by atoms with Gasteiger partial charge in [-0.2, -0.15) is 0 Å². The molecule has 0 heterocycles. The molecule has 1 atom stereocenters. The summed E-state index contributed by atoms with van der Waals surface area (Å²) in [7, 11) is 0. The lowest BCUT2D eigenvalue weighted by molar-refractivity contribution is 0.0793. The number of rotatable bonds is 7. The van der Waals surface area contributed by atoms with Gasteiger partial charge < -0.3 is 15.5 Å². The summed E-state index contributed by atoms with van der Waals surface area (Å²) < 4.78 is 0. The number of hydrogen-bond donors (Lipinski definition) is 3. The molecular weight excluding hydrogens is 250 g/mol. The van der Waals surface area contributed by atoms with Crippen molar-refractivity contribution in [3.63, 3.8) is 0 Å². The maximum absolute atomic E-state index is 9.39. The number of aliphatic hydroxyl groups is 2. The van der Waals surface area contributed by atoms with Crippen molar-refractivity contribution in [2.75, 3.05) is 13.2 Å². The first kappa shape index (κ1) is 15.4. The fourth-order valence-corrected chi connectivity index (χ4v) is 2.14. The molecule has 0 bridgehead atoms. The Balaban J connectivity index is 2.60. The van der Waals surface area contributed by atoms with Crippen molar-refractivity contribution in [2.45, 2.75) is 38.3 Å². The van der Waals surface area contributed by atoms with Gasteiger partial charge in [-0.25, -0.2) is 0 Å². The molecule has 1 aromatic rings. The summed E-state index contributed by atoms with van der Waals surface area (Å²) in [6, 6.07) is 7.90. The van der Waals surface area contributed by atoms with E-state index in [4.69, 9.17) is 11.6 Å². The number of hydrogen-bond acceptors (Lipinski definition) is 3. The Morgan fingerprint density at radius 2 is 1.78 bits per heavy atom. The Labute approximate surface area is 114 Å². The van der Waals surface area contributed by atoms with E-state index in [-0.39, 0.29) is 19.3 Å². The van der Waals surface area contributed by atoms with Crippen molar-refractivity contribution in [1.29, 1.82) is 0 Å². The van der Waals surface area contributed by atoms with Crippen LogP contribution < -0.4 is 5.32 Å². The van der Waals surface area contributed by atoms with Crippen LogP contribution in [0, 0.1) is 0 Å². The minimum Gasteiger partial charge on any atom is -0.394 e. The van der Waals surface area contributed by atoms with E-state index in [1.165, 1.54) is 5.56 Å². The van der Waals surface area contributed by atoms with E-state index in [0.29, 0.717) is 6.42 Å². The van der Waals surface area contributed by atoms with Gasteiger partial charge in [-0.3, -0.25) is 0 Å². The van der Waals surface area contributed by atoms with Gasteiger partial charge in [-0.1, -0.05) is 30.7 Å². The van der Waals surface area contributed by atoms with Gasteiger partial charge in [0.1, 0.15) is 0 Å². The van der Waals surface area contributed by atoms with Crippen molar-refractivity contribution in [3.05, 3.63) is 34.9 Å². The molecule has 0 spiro atoms. The lowest BCUT2D eigenvalue weighted by Gasteiger charge is -2.33. The molecule has 0 aliphatic heterocycles. The number of benzene rings is 1. The highest BCUT2D eigenvalue weighted by Crippen LogP contribution is 2.14. The van der Waals surface area contributed by atoms with Gasteiger partial charge in [-0.05, 0) is 37.5 Å². The summed E-state index contributed by atoms with van der Waals surface area (Å²) in [6.07, 6.45) is 1.52. The van der Waals surface area contributed by atoms with E-state index in [1.807, 2.05) is 38.1 Å². The molecule has 0 saturated heterocycles. The molecular formula is C14H22ClNO2. The summed E-state index contributed by atoms with van der Waals surface area (Å²) in [5.74, 6) is 0. The summed E-state index contributed by atoms with van der Waals surface area (Å²) in [6.45, 7) is 3.87. The Hall–Kier alpha value is -0.610. The molecule has 3 N–H and O–H groups in total. The predicted molar refractivity (Wildman–Crippen MR) is 74.9 cm³/mol. The zero-order valence-electron chi connectivity index (χ0n) is 11.0. The zero-order chi connectivity index (χ0) is 13.6. The van der Waals surface area contributed by atoms with E-state index in [9.17, 15) is 10.2 Å². The predicted octanol–water partition coefficient (Wildman–Crippen LogP) is 1.99. The summed E-state index contributed by atoms with van der Waals surface area (Å²) in [4.78, 5) is 0. The molecule has 18 heavy (non-hydrogen) atoms. The standard InChI is InChI=1S/C14H22ClNO2/c1-3-14(9-17,10-18)16-11(2)8-12-4-6-13(15)7-5-12/h4-7,11,16-18H,3,8-10H2,1-2H3. The molecule has 4 heteroatoms. The molecule has 0 amide bonds. The highest BCUT2D eigenvalue weighted by Gasteiger charge is 2.27. The van der Waals surface area contributed by atoms with Crippen LogP contribution in [0.4, 0.5) is 0 Å². The third kappa shape index (κ3) is 4.25. The third-order valence-electron chi connectivity index (χ3n) is 3.29. The highest BCUT2D eigenvalue weighted by atomic mass is 35.5. The SMILES string of the molecule is CCC(CO)(CO)NC(C)Cc1ccc(Cl)cc1. The largest absolute Gasteiger partial charge is 0.394 e. The average molecular weight is 272 g/mol. The maximum atomic E-state index is 9.39. The van der Waals surface area contributed by atoms with Crippen molar-refractivity contribution < 1.29 is 10.2 Å². The molecule has 0 aliphatic rings. The lowest BCUT2D eigenvalue weighted by atomic mass is 9.95. The van der Waals surface area contributed by atoms with Crippen molar-refractivity contribution in [3.8, 4) is 0 Å². The summed E-state index contributed by atoms with van der Waals surface area (Å²) >= 11 is 5.84. The fraction of sp³-hybridized carbons (Fsp3) is 0.571. The van der Waals surface area contributed by atoms with Crippen LogP contribution in [0.3, 0.4) is 0 Å². The molecule has 0 aromatic heterocycles. The maximum Gasteiger partial charge on any atom is 0.0647 e. The van der Waals surface area contributed by atoms with E-state index in [0.717, 1.165) is 11.4 Å². The molecule has 0 fully saturated rings. The minimum atomic E-state index is -0.591. The van der Waals surface area contributed by atoms with Crippen LogP contribution in [0.1, 0.15) is 25.8 Å². The number of nitrogens with one attached hydrogen (secondary N) is 1. The van der Waals surface area contributed by atoms with Crippen LogP contribution >= 0.6 is 11.6 Å². The number of halogens is 1. The van der Waals surface area contributed by atoms with Crippen LogP contribution in [0.5, 0.6) is 0 Å². The molecule has 3 nitrogen and oxygen atoms in total. The first-order valence-electron chi connectivity index (χ1n) is 6.29. The molecule has 1 unspecified atom stereocenters. The molecule has 0 aliphatic carbocycles. The van der Waals surface area contributed by atoms with Gasteiger partial charge >= 0.3 is 0 Å². The molecule has 0 radical (unpaired) electrons. The molecule has 1 aromatic carbocycles. The van der Waals surface area contributed by atoms with Gasteiger partial charge in [0.15, 0.2) is 0 Å². The quantitative estimate of drug-likeness (QED) is 0.711.